The maximum absolute atomic E-state index is 13.1. The Morgan fingerprint density at radius 2 is 1.34 bits per heavy atom. The number of hydrogen-bond acceptors (Lipinski definition) is 7. The summed E-state index contributed by atoms with van der Waals surface area (Å²) in [6.07, 6.45) is 13.1. The Hall–Kier alpha value is -4.94. The highest BCUT2D eigenvalue weighted by atomic mass is 35.5. The maximum Gasteiger partial charge on any atom is 0.253 e. The molecule has 2 fully saturated rings. The second-order valence-electron chi connectivity index (χ2n) is 14.5. The molecule has 9 nitrogen and oxygen atoms in total. The molecule has 2 saturated carbocycles. The molecule has 2 heterocycles. The van der Waals surface area contributed by atoms with E-state index >= 15 is 0 Å². The van der Waals surface area contributed by atoms with Gasteiger partial charge in [-0.05, 0) is 136 Å². The minimum Gasteiger partial charge on any atom is -0.487 e. The second-order valence-corrected chi connectivity index (χ2v) is 15.0. The number of nitrogens with zero attached hydrogens (tertiary/aromatic N) is 3. The minimum absolute atomic E-state index is 0.00359. The van der Waals surface area contributed by atoms with Crippen molar-refractivity contribution in [2.24, 2.45) is 11.8 Å². The molecule has 0 saturated heterocycles. The number of rotatable bonds is 13. The minimum atomic E-state index is -0.144. The van der Waals surface area contributed by atoms with E-state index in [1.807, 2.05) is 30.3 Å². The first-order valence-electron chi connectivity index (χ1n) is 18.8. The Bertz CT molecular complexity index is 1880. The van der Waals surface area contributed by atoms with Crippen molar-refractivity contribution in [3.8, 4) is 17.6 Å². The average Bonchev–Trinajstić information content (AvgIpc) is 3.19. The van der Waals surface area contributed by atoms with Gasteiger partial charge in [-0.1, -0.05) is 36.9 Å². The lowest BCUT2D eigenvalue weighted by atomic mass is 9.76. The van der Waals surface area contributed by atoms with Gasteiger partial charge in [-0.15, -0.1) is 0 Å². The number of nitriles is 1. The van der Waals surface area contributed by atoms with Crippen LogP contribution in [0.4, 0.5) is 0 Å². The molecule has 0 bridgehead atoms. The van der Waals surface area contributed by atoms with Gasteiger partial charge in [-0.2, -0.15) is 5.26 Å². The average molecular weight is 734 g/mol. The van der Waals surface area contributed by atoms with Crippen LogP contribution in [0.3, 0.4) is 0 Å². The Balaban J connectivity index is 0.964. The molecule has 2 N–H and O–H groups in total. The van der Waals surface area contributed by atoms with Crippen LogP contribution in [0.25, 0.3) is 0 Å². The van der Waals surface area contributed by atoms with Crippen LogP contribution < -0.4 is 20.1 Å². The molecule has 0 spiro atoms. The van der Waals surface area contributed by atoms with Crippen LogP contribution in [-0.4, -0.2) is 33.9 Å². The molecular weight excluding hydrogens is 686 g/mol. The van der Waals surface area contributed by atoms with E-state index in [1.165, 1.54) is 32.1 Å². The van der Waals surface area contributed by atoms with Crippen molar-refractivity contribution in [1.82, 2.24) is 20.6 Å². The number of carbonyl (C=O) groups excluding carboxylic acids is 2. The van der Waals surface area contributed by atoms with Gasteiger partial charge in [-0.3, -0.25) is 19.6 Å². The van der Waals surface area contributed by atoms with Gasteiger partial charge in [0.25, 0.3) is 11.8 Å². The molecule has 2 atom stereocenters. The van der Waals surface area contributed by atoms with Gasteiger partial charge in [0.2, 0.25) is 0 Å². The zero-order valence-electron chi connectivity index (χ0n) is 30.5. The summed E-state index contributed by atoms with van der Waals surface area (Å²) in [6.45, 7) is 4.67. The van der Waals surface area contributed by atoms with Crippen LogP contribution in [-0.2, 0) is 13.2 Å². The number of amides is 2. The zero-order valence-corrected chi connectivity index (χ0v) is 31.3. The van der Waals surface area contributed by atoms with E-state index in [-0.39, 0.29) is 37.1 Å². The summed E-state index contributed by atoms with van der Waals surface area (Å²) < 4.78 is 11.9. The first kappa shape index (κ1) is 37.8. The highest BCUT2D eigenvalue weighted by Crippen LogP contribution is 2.38. The lowest BCUT2D eigenvalue weighted by Crippen LogP contribution is -2.39. The van der Waals surface area contributed by atoms with E-state index in [0.717, 1.165) is 31.2 Å². The zero-order chi connectivity index (χ0) is 37.2. The van der Waals surface area contributed by atoms with E-state index in [9.17, 15) is 14.9 Å². The normalized spacial score (nSPS) is 18.6. The topological polar surface area (TPSA) is 126 Å². The van der Waals surface area contributed by atoms with E-state index in [0.29, 0.717) is 62.4 Å². The van der Waals surface area contributed by atoms with Crippen molar-refractivity contribution in [1.29, 1.82) is 5.26 Å². The number of hydrogen-bond donors (Lipinski definition) is 2. The van der Waals surface area contributed by atoms with Crippen molar-refractivity contribution in [2.45, 2.75) is 103 Å². The molecule has 0 radical (unpaired) electrons. The standard InChI is InChI=1S/C43H48ClN5O4/c1-28(31-7-4-3-5-8-31)48-42(50)34-16-18-39(47-25-34)27-53-41-20-30(23-45)19-36(21-41)33-13-11-32(12-14-33)29(2)49-43(51)35-15-17-38(46-24-35)26-52-40-10-6-9-37(44)22-40/h6,9-10,15-22,24-25,28-29,31-33H,3-5,7-8,11-14,26-27H2,1-2H3,(H,48,50)(H,49,51). The van der Waals surface area contributed by atoms with Crippen molar-refractivity contribution < 1.29 is 19.1 Å². The molecule has 2 aliphatic carbocycles. The number of halogens is 1. The quantitative estimate of drug-likeness (QED) is 0.141. The van der Waals surface area contributed by atoms with Gasteiger partial charge in [0.1, 0.15) is 24.7 Å². The van der Waals surface area contributed by atoms with Crippen LogP contribution in [0, 0.1) is 23.2 Å². The summed E-state index contributed by atoms with van der Waals surface area (Å²) in [6, 6.07) is 22.6. The fourth-order valence-electron chi connectivity index (χ4n) is 7.57. The van der Waals surface area contributed by atoms with E-state index in [1.54, 1.807) is 48.8 Å². The molecule has 2 aliphatic rings. The second kappa shape index (κ2) is 18.2. The third-order valence-electron chi connectivity index (χ3n) is 10.8. The molecule has 6 rings (SSSR count). The lowest BCUT2D eigenvalue weighted by molar-refractivity contribution is 0.0909. The molecule has 276 valence electrons. The number of pyridine rings is 2. The Kier molecular flexibility index (Phi) is 13.0. The highest BCUT2D eigenvalue weighted by Gasteiger charge is 2.28. The number of aromatic nitrogens is 2. The highest BCUT2D eigenvalue weighted by molar-refractivity contribution is 6.30. The third-order valence-corrected chi connectivity index (χ3v) is 11.1. The van der Waals surface area contributed by atoms with E-state index in [2.05, 4.69) is 40.5 Å². The summed E-state index contributed by atoms with van der Waals surface area (Å²) >= 11 is 6.03. The monoisotopic (exact) mass is 733 g/mol. The van der Waals surface area contributed by atoms with E-state index in [4.69, 9.17) is 21.1 Å². The first-order valence-corrected chi connectivity index (χ1v) is 19.2. The number of carbonyl (C=O) groups is 2. The summed E-state index contributed by atoms with van der Waals surface area (Å²) in [4.78, 5) is 34.8. The largest absolute Gasteiger partial charge is 0.487 e. The molecule has 53 heavy (non-hydrogen) atoms. The maximum atomic E-state index is 13.1. The van der Waals surface area contributed by atoms with Gasteiger partial charge in [0.05, 0.1) is 34.1 Å². The fourth-order valence-corrected chi connectivity index (χ4v) is 7.75. The first-order chi connectivity index (χ1) is 25.7. The van der Waals surface area contributed by atoms with Gasteiger partial charge in [0, 0.05) is 29.5 Å². The molecule has 2 amide bonds. The van der Waals surface area contributed by atoms with Crippen molar-refractivity contribution in [2.75, 3.05) is 0 Å². The van der Waals surface area contributed by atoms with Crippen LogP contribution in [0.5, 0.6) is 11.5 Å². The van der Waals surface area contributed by atoms with Gasteiger partial charge in [0.15, 0.2) is 0 Å². The van der Waals surface area contributed by atoms with Crippen molar-refractivity contribution in [3.05, 3.63) is 118 Å². The van der Waals surface area contributed by atoms with Gasteiger partial charge < -0.3 is 20.1 Å². The summed E-state index contributed by atoms with van der Waals surface area (Å²) in [5, 5.41) is 16.7. The Morgan fingerprint density at radius 1 is 0.755 bits per heavy atom. The molecule has 4 aromatic rings. The molecule has 2 aromatic carbocycles. The van der Waals surface area contributed by atoms with Crippen molar-refractivity contribution >= 4 is 23.4 Å². The number of ether oxygens (including phenoxy) is 2. The van der Waals surface area contributed by atoms with Crippen LogP contribution in [0.2, 0.25) is 5.02 Å². The fraction of sp³-hybridized carbons (Fsp3) is 0.419. The molecule has 2 aromatic heterocycles. The molecule has 10 heteroatoms. The molecule has 2 unspecified atom stereocenters. The van der Waals surface area contributed by atoms with Crippen LogP contribution in [0.15, 0.2) is 79.1 Å². The number of benzene rings is 2. The lowest BCUT2D eigenvalue weighted by Gasteiger charge is -2.33. The van der Waals surface area contributed by atoms with Crippen molar-refractivity contribution in [3.63, 3.8) is 0 Å². The Morgan fingerprint density at radius 3 is 1.89 bits per heavy atom. The third kappa shape index (κ3) is 10.6. The molecule has 0 aliphatic heterocycles. The summed E-state index contributed by atoms with van der Waals surface area (Å²) in [5.74, 6) is 2.22. The predicted octanol–water partition coefficient (Wildman–Crippen LogP) is 8.95. The summed E-state index contributed by atoms with van der Waals surface area (Å²) in [5.41, 5.74) is 4.12. The number of nitrogens with one attached hydrogen (secondary N) is 2. The predicted molar refractivity (Wildman–Crippen MR) is 205 cm³/mol. The van der Waals surface area contributed by atoms with Gasteiger partial charge >= 0.3 is 0 Å². The van der Waals surface area contributed by atoms with E-state index < -0.39 is 0 Å². The SMILES string of the molecule is CC(NC(=O)c1ccc(COc2cc(C#N)cc(C3CCC(C(C)NC(=O)c4ccc(COc5cccc(Cl)c5)nc4)CC3)c2)nc1)C1CCCCC1. The van der Waals surface area contributed by atoms with Crippen LogP contribution in [0.1, 0.15) is 121 Å². The van der Waals surface area contributed by atoms with Crippen LogP contribution >= 0.6 is 11.6 Å². The Labute approximate surface area is 317 Å². The summed E-state index contributed by atoms with van der Waals surface area (Å²) in [7, 11) is 0. The smallest absolute Gasteiger partial charge is 0.253 e. The molecular formula is C43H48ClN5O4. The van der Waals surface area contributed by atoms with Gasteiger partial charge in [-0.25, -0.2) is 0 Å².